The fraction of sp³-hybridized carbons (Fsp3) is 0.0714. The van der Waals surface area contributed by atoms with Crippen LogP contribution in [0.3, 0.4) is 0 Å². The Morgan fingerprint density at radius 1 is 1.00 bits per heavy atom. The summed E-state index contributed by atoms with van der Waals surface area (Å²) >= 11 is 0. The zero-order valence-corrected chi connectivity index (χ0v) is 9.74. The molecule has 5 heteroatoms. The molecule has 0 aromatic heterocycles. The summed E-state index contributed by atoms with van der Waals surface area (Å²) in [6.45, 7) is 0. The van der Waals surface area contributed by atoms with E-state index < -0.39 is 17.5 Å². The number of para-hydroxylation sites is 1. The number of nitrogens with two attached hydrogens (primary N) is 1. The highest BCUT2D eigenvalue weighted by Crippen LogP contribution is 2.30. The fourth-order valence-electron chi connectivity index (χ4n) is 1.70. The Bertz CT molecular complexity index is 620. The molecule has 19 heavy (non-hydrogen) atoms. The van der Waals surface area contributed by atoms with Gasteiger partial charge in [-0.3, -0.25) is 4.79 Å². The zero-order chi connectivity index (χ0) is 14.0. The SMILES string of the molecule is Nc1ccccc1C(=O)c1cccc(C(F)(F)F)c1. The minimum atomic E-state index is -4.47. The first kappa shape index (κ1) is 13.1. The van der Waals surface area contributed by atoms with Crippen molar-refractivity contribution >= 4 is 11.5 Å². The van der Waals surface area contributed by atoms with Gasteiger partial charge in [0.2, 0.25) is 0 Å². The largest absolute Gasteiger partial charge is 0.416 e. The minimum Gasteiger partial charge on any atom is -0.398 e. The number of anilines is 1. The number of alkyl halides is 3. The summed E-state index contributed by atoms with van der Waals surface area (Å²) in [6, 6.07) is 10.6. The molecule has 2 nitrogen and oxygen atoms in total. The number of ketones is 1. The highest BCUT2D eigenvalue weighted by Gasteiger charge is 2.31. The Kier molecular flexibility index (Phi) is 3.29. The summed E-state index contributed by atoms with van der Waals surface area (Å²) < 4.78 is 37.7. The summed E-state index contributed by atoms with van der Waals surface area (Å²) in [4.78, 5) is 12.1. The van der Waals surface area contributed by atoms with Gasteiger partial charge < -0.3 is 5.73 Å². The second-order valence-electron chi connectivity index (χ2n) is 3.99. The lowest BCUT2D eigenvalue weighted by Crippen LogP contribution is -2.09. The van der Waals surface area contributed by atoms with Gasteiger partial charge in [0.25, 0.3) is 0 Å². The van der Waals surface area contributed by atoms with Crippen LogP contribution in [-0.4, -0.2) is 5.78 Å². The molecule has 98 valence electrons. The number of hydrogen-bond acceptors (Lipinski definition) is 2. The van der Waals surface area contributed by atoms with E-state index >= 15 is 0 Å². The summed E-state index contributed by atoms with van der Waals surface area (Å²) in [5.41, 5.74) is 5.19. The molecule has 0 unspecified atom stereocenters. The number of benzene rings is 2. The van der Waals surface area contributed by atoms with E-state index in [0.717, 1.165) is 12.1 Å². The topological polar surface area (TPSA) is 43.1 Å². The lowest BCUT2D eigenvalue weighted by molar-refractivity contribution is -0.137. The zero-order valence-electron chi connectivity index (χ0n) is 9.74. The second-order valence-corrected chi connectivity index (χ2v) is 3.99. The molecule has 0 spiro atoms. The maximum Gasteiger partial charge on any atom is 0.416 e. The van der Waals surface area contributed by atoms with E-state index in [-0.39, 0.29) is 16.8 Å². The van der Waals surface area contributed by atoms with Crippen LogP contribution >= 0.6 is 0 Å². The van der Waals surface area contributed by atoms with Crippen molar-refractivity contribution in [2.45, 2.75) is 6.18 Å². The first-order valence-corrected chi connectivity index (χ1v) is 5.46. The van der Waals surface area contributed by atoms with Gasteiger partial charge >= 0.3 is 6.18 Å². The van der Waals surface area contributed by atoms with Crippen molar-refractivity contribution in [1.29, 1.82) is 0 Å². The van der Waals surface area contributed by atoms with Gasteiger partial charge in [-0.25, -0.2) is 0 Å². The number of halogens is 3. The molecule has 0 saturated carbocycles. The average Bonchev–Trinajstić information content (AvgIpc) is 2.38. The minimum absolute atomic E-state index is 0.0345. The van der Waals surface area contributed by atoms with Crippen LogP contribution in [0.2, 0.25) is 0 Å². The molecular formula is C14H10F3NO. The molecule has 0 atom stereocenters. The number of carbonyl (C=O) groups is 1. The third kappa shape index (κ3) is 2.76. The van der Waals surface area contributed by atoms with E-state index in [9.17, 15) is 18.0 Å². The van der Waals surface area contributed by atoms with Gasteiger partial charge in [-0.15, -0.1) is 0 Å². The van der Waals surface area contributed by atoms with Crippen LogP contribution in [0.4, 0.5) is 18.9 Å². The lowest BCUT2D eigenvalue weighted by atomic mass is 10.00. The van der Waals surface area contributed by atoms with Crippen LogP contribution in [-0.2, 0) is 6.18 Å². The molecule has 0 aliphatic carbocycles. The highest BCUT2D eigenvalue weighted by molar-refractivity contribution is 6.12. The molecule has 2 aromatic rings. The van der Waals surface area contributed by atoms with Gasteiger partial charge in [0.15, 0.2) is 5.78 Å². The monoisotopic (exact) mass is 265 g/mol. The van der Waals surface area contributed by atoms with Crippen molar-refractivity contribution in [1.82, 2.24) is 0 Å². The van der Waals surface area contributed by atoms with Crippen molar-refractivity contribution in [3.05, 3.63) is 65.2 Å². The van der Waals surface area contributed by atoms with Crippen molar-refractivity contribution in [3.63, 3.8) is 0 Å². The van der Waals surface area contributed by atoms with Gasteiger partial charge in [-0.1, -0.05) is 24.3 Å². The predicted octanol–water partition coefficient (Wildman–Crippen LogP) is 3.52. The molecule has 2 rings (SSSR count). The van der Waals surface area contributed by atoms with E-state index in [2.05, 4.69) is 0 Å². The fourth-order valence-corrected chi connectivity index (χ4v) is 1.70. The normalized spacial score (nSPS) is 11.3. The lowest BCUT2D eigenvalue weighted by Gasteiger charge is -2.09. The predicted molar refractivity (Wildman–Crippen MR) is 65.7 cm³/mol. The molecule has 2 aromatic carbocycles. The van der Waals surface area contributed by atoms with E-state index in [1.807, 2.05) is 0 Å². The molecule has 0 amide bonds. The second kappa shape index (κ2) is 4.76. The van der Waals surface area contributed by atoms with E-state index in [0.29, 0.717) is 0 Å². The molecule has 0 fully saturated rings. The summed E-state index contributed by atoms with van der Waals surface area (Å²) in [5, 5.41) is 0. The molecule has 0 aliphatic heterocycles. The quantitative estimate of drug-likeness (QED) is 0.667. The van der Waals surface area contributed by atoms with Gasteiger partial charge in [0.05, 0.1) is 5.56 Å². The first-order chi connectivity index (χ1) is 8.89. The van der Waals surface area contributed by atoms with Crippen LogP contribution in [0.15, 0.2) is 48.5 Å². The summed E-state index contributed by atoms with van der Waals surface area (Å²) in [7, 11) is 0. The summed E-state index contributed by atoms with van der Waals surface area (Å²) in [6.07, 6.45) is -4.47. The molecule has 2 N–H and O–H groups in total. The van der Waals surface area contributed by atoms with Gasteiger partial charge in [-0.05, 0) is 24.3 Å². The van der Waals surface area contributed by atoms with E-state index in [1.165, 1.54) is 24.3 Å². The Morgan fingerprint density at radius 3 is 2.32 bits per heavy atom. The molecular weight excluding hydrogens is 255 g/mol. The first-order valence-electron chi connectivity index (χ1n) is 5.46. The van der Waals surface area contributed by atoms with Gasteiger partial charge in [0, 0.05) is 16.8 Å². The number of nitrogen functional groups attached to an aromatic ring is 1. The average molecular weight is 265 g/mol. The number of carbonyl (C=O) groups excluding carboxylic acids is 1. The standard InChI is InChI=1S/C14H10F3NO/c15-14(16,17)10-5-3-4-9(8-10)13(19)11-6-1-2-7-12(11)18/h1-8H,18H2. The third-order valence-corrected chi connectivity index (χ3v) is 2.66. The van der Waals surface area contributed by atoms with Crippen molar-refractivity contribution in [3.8, 4) is 0 Å². The molecule has 0 radical (unpaired) electrons. The molecule has 0 saturated heterocycles. The van der Waals surface area contributed by atoms with E-state index in [1.54, 1.807) is 12.1 Å². The Hall–Kier alpha value is -2.30. The molecule has 0 heterocycles. The molecule has 0 bridgehead atoms. The number of rotatable bonds is 2. The van der Waals surface area contributed by atoms with Crippen LogP contribution in [0, 0.1) is 0 Å². The van der Waals surface area contributed by atoms with Crippen molar-refractivity contribution < 1.29 is 18.0 Å². The van der Waals surface area contributed by atoms with E-state index in [4.69, 9.17) is 5.73 Å². The maximum atomic E-state index is 12.6. The third-order valence-electron chi connectivity index (χ3n) is 2.66. The van der Waals surface area contributed by atoms with Crippen molar-refractivity contribution in [2.24, 2.45) is 0 Å². The smallest absolute Gasteiger partial charge is 0.398 e. The Balaban J connectivity index is 2.43. The van der Waals surface area contributed by atoms with Crippen LogP contribution in [0.1, 0.15) is 21.5 Å². The van der Waals surface area contributed by atoms with Gasteiger partial charge in [-0.2, -0.15) is 13.2 Å². The van der Waals surface area contributed by atoms with Crippen LogP contribution < -0.4 is 5.73 Å². The maximum absolute atomic E-state index is 12.6. The highest BCUT2D eigenvalue weighted by atomic mass is 19.4. The van der Waals surface area contributed by atoms with Gasteiger partial charge in [0.1, 0.15) is 0 Å². The Morgan fingerprint density at radius 2 is 1.68 bits per heavy atom. The van der Waals surface area contributed by atoms with Crippen LogP contribution in [0.25, 0.3) is 0 Å². The Labute approximate surface area is 107 Å². The summed E-state index contributed by atoms with van der Waals surface area (Å²) in [5.74, 6) is -0.524. The number of hydrogen-bond donors (Lipinski definition) is 1. The van der Waals surface area contributed by atoms with Crippen LogP contribution in [0.5, 0.6) is 0 Å². The molecule has 0 aliphatic rings. The van der Waals surface area contributed by atoms with Crippen molar-refractivity contribution in [2.75, 3.05) is 5.73 Å².